The Balaban J connectivity index is 0.000000149. The number of Topliss-reactive ketones (excluding diaryl/α,β-unsaturated/α-hetero) is 1. The summed E-state index contributed by atoms with van der Waals surface area (Å²) >= 11 is 0. The molecular weight excluding hydrogens is 220 g/mol. The highest BCUT2D eigenvalue weighted by Gasteiger charge is 2.61. The molecule has 2 saturated carbocycles. The maximum Gasteiger partial charge on any atom is 0.139 e. The minimum Gasteiger partial charge on any atom is -0.299 e. The Labute approximate surface area is 111 Å². The third-order valence-electron chi connectivity index (χ3n) is 5.33. The van der Waals surface area contributed by atoms with Crippen molar-refractivity contribution < 1.29 is 4.79 Å². The van der Waals surface area contributed by atoms with Gasteiger partial charge in [0.2, 0.25) is 0 Å². The number of hydrogen-bond acceptors (Lipinski definition) is 1. The van der Waals surface area contributed by atoms with Gasteiger partial charge in [-0.15, -0.1) is 0 Å². The van der Waals surface area contributed by atoms with Gasteiger partial charge in [-0.25, -0.2) is 0 Å². The van der Waals surface area contributed by atoms with Crippen molar-refractivity contribution in [1.82, 2.24) is 0 Å². The van der Waals surface area contributed by atoms with Gasteiger partial charge in [0.15, 0.2) is 0 Å². The fraction of sp³-hybridized carbons (Fsp3) is 0.529. The summed E-state index contributed by atoms with van der Waals surface area (Å²) in [4.78, 5) is 11.6. The lowest BCUT2D eigenvalue weighted by molar-refractivity contribution is -0.128. The van der Waals surface area contributed by atoms with Gasteiger partial charge < -0.3 is 0 Å². The molecule has 1 heteroatoms. The van der Waals surface area contributed by atoms with Crippen molar-refractivity contribution in [2.24, 2.45) is 16.7 Å². The molecule has 2 fully saturated rings. The average molecular weight is 243 g/mol. The molecule has 2 aliphatic carbocycles. The zero-order valence-corrected chi connectivity index (χ0v) is 11.7. The Kier molecular flexibility index (Phi) is 3.35. The van der Waals surface area contributed by atoms with Crippen molar-refractivity contribution in [3.05, 3.63) is 42.8 Å². The predicted octanol–water partition coefficient (Wildman–Crippen LogP) is 4.27. The van der Waals surface area contributed by atoms with Crippen LogP contribution in [0.25, 0.3) is 0 Å². The van der Waals surface area contributed by atoms with Crippen LogP contribution in [0.3, 0.4) is 0 Å². The summed E-state index contributed by atoms with van der Waals surface area (Å²) < 4.78 is 0. The average Bonchev–Trinajstić information content (AvgIpc) is 2.64. The molecule has 0 aliphatic heterocycles. The topological polar surface area (TPSA) is 17.1 Å². The molecule has 0 saturated heterocycles. The Morgan fingerprint density at radius 1 is 1.17 bits per heavy atom. The maximum absolute atomic E-state index is 11.6. The standard InChI is InChI=1S/C10H16O.C7H7/c1-9(2)7-4-5-10(9,3)8(11)6-7;1-7-5-3-2-4-6-7/h7H,4-6H2,1-3H3;2-6H,1H2/t7-,10+;/m0./s1. The highest BCUT2D eigenvalue weighted by atomic mass is 16.1. The van der Waals surface area contributed by atoms with Crippen LogP contribution in [-0.2, 0) is 4.79 Å². The number of fused-ring (bicyclic) bond motifs is 2. The summed E-state index contributed by atoms with van der Waals surface area (Å²) in [6, 6.07) is 9.87. The SMILES string of the molecule is CC1(C)[C@H]2CC[C@]1(C)C(=O)C2.[CH2]c1ccccc1. The van der Waals surface area contributed by atoms with E-state index < -0.39 is 0 Å². The molecule has 1 aromatic carbocycles. The van der Waals surface area contributed by atoms with Crippen molar-refractivity contribution in [3.8, 4) is 0 Å². The Bertz CT molecular complexity index is 432. The third kappa shape index (κ3) is 2.00. The number of carbonyl (C=O) groups is 1. The molecule has 0 heterocycles. The summed E-state index contributed by atoms with van der Waals surface area (Å²) in [5, 5.41) is 0. The highest BCUT2D eigenvalue weighted by molar-refractivity contribution is 5.89. The summed E-state index contributed by atoms with van der Waals surface area (Å²) in [7, 11) is 0. The zero-order chi connectivity index (χ0) is 13.4. The second-order valence-electron chi connectivity index (χ2n) is 6.40. The summed E-state index contributed by atoms with van der Waals surface area (Å²) in [6.07, 6.45) is 3.25. The minimum absolute atomic E-state index is 0.0255. The van der Waals surface area contributed by atoms with Gasteiger partial charge in [-0.3, -0.25) is 4.79 Å². The molecule has 2 aliphatic rings. The Morgan fingerprint density at radius 2 is 1.78 bits per heavy atom. The van der Waals surface area contributed by atoms with Gasteiger partial charge >= 0.3 is 0 Å². The van der Waals surface area contributed by atoms with Crippen LogP contribution in [0.1, 0.15) is 45.6 Å². The van der Waals surface area contributed by atoms with Gasteiger partial charge in [-0.1, -0.05) is 51.1 Å². The molecular formula is C17H23O. The quantitative estimate of drug-likeness (QED) is 0.665. The lowest BCUT2D eigenvalue weighted by Crippen LogP contribution is -2.32. The first-order chi connectivity index (χ1) is 8.38. The lowest BCUT2D eigenvalue weighted by Gasteiger charge is -2.32. The van der Waals surface area contributed by atoms with Gasteiger partial charge in [-0.2, -0.15) is 0 Å². The van der Waals surface area contributed by atoms with E-state index in [-0.39, 0.29) is 10.8 Å². The zero-order valence-electron chi connectivity index (χ0n) is 11.7. The second-order valence-corrected chi connectivity index (χ2v) is 6.40. The molecule has 0 amide bonds. The van der Waals surface area contributed by atoms with Crippen molar-refractivity contribution in [1.29, 1.82) is 0 Å². The molecule has 1 nitrogen and oxygen atoms in total. The van der Waals surface area contributed by atoms with E-state index in [1.165, 1.54) is 6.42 Å². The van der Waals surface area contributed by atoms with E-state index in [2.05, 4.69) is 27.7 Å². The highest BCUT2D eigenvalue weighted by Crippen LogP contribution is 2.63. The van der Waals surface area contributed by atoms with Gasteiger partial charge in [0.1, 0.15) is 5.78 Å². The number of rotatable bonds is 0. The first-order valence-electron chi connectivity index (χ1n) is 6.78. The monoisotopic (exact) mass is 243 g/mol. The number of benzene rings is 1. The number of carbonyl (C=O) groups excluding carboxylic acids is 1. The first kappa shape index (κ1) is 13.3. The number of ketones is 1. The van der Waals surface area contributed by atoms with Crippen LogP contribution in [0.4, 0.5) is 0 Å². The van der Waals surface area contributed by atoms with Crippen LogP contribution in [-0.4, -0.2) is 5.78 Å². The maximum atomic E-state index is 11.6. The van der Waals surface area contributed by atoms with Gasteiger partial charge in [-0.05, 0) is 36.7 Å². The second kappa shape index (κ2) is 4.53. The molecule has 1 aromatic rings. The summed E-state index contributed by atoms with van der Waals surface area (Å²) in [6.45, 7) is 10.4. The molecule has 0 spiro atoms. The van der Waals surface area contributed by atoms with E-state index in [4.69, 9.17) is 0 Å². The molecule has 0 N–H and O–H groups in total. The molecule has 0 aromatic heterocycles. The Morgan fingerprint density at radius 3 is 2.00 bits per heavy atom. The van der Waals surface area contributed by atoms with Crippen LogP contribution in [0, 0.1) is 23.7 Å². The fourth-order valence-corrected chi connectivity index (χ4v) is 3.38. The molecule has 2 atom stereocenters. The largest absolute Gasteiger partial charge is 0.299 e. The third-order valence-corrected chi connectivity index (χ3v) is 5.33. The smallest absolute Gasteiger partial charge is 0.139 e. The van der Waals surface area contributed by atoms with E-state index in [0.717, 1.165) is 18.4 Å². The van der Waals surface area contributed by atoms with E-state index in [1.54, 1.807) is 0 Å². The van der Waals surface area contributed by atoms with Gasteiger partial charge in [0, 0.05) is 11.8 Å². The summed E-state index contributed by atoms with van der Waals surface area (Å²) in [5.41, 5.74) is 1.38. The van der Waals surface area contributed by atoms with E-state index in [1.807, 2.05) is 30.3 Å². The summed E-state index contributed by atoms with van der Waals surface area (Å²) in [5.74, 6) is 1.19. The fourth-order valence-electron chi connectivity index (χ4n) is 3.38. The van der Waals surface area contributed by atoms with E-state index in [9.17, 15) is 4.79 Å². The van der Waals surface area contributed by atoms with Crippen LogP contribution >= 0.6 is 0 Å². The molecule has 97 valence electrons. The van der Waals surface area contributed by atoms with Gasteiger partial charge in [0.25, 0.3) is 0 Å². The Hall–Kier alpha value is -1.11. The van der Waals surface area contributed by atoms with Crippen molar-refractivity contribution >= 4 is 5.78 Å². The van der Waals surface area contributed by atoms with Crippen molar-refractivity contribution in [3.63, 3.8) is 0 Å². The molecule has 3 rings (SSSR count). The molecule has 2 bridgehead atoms. The molecule has 1 radical (unpaired) electrons. The van der Waals surface area contributed by atoms with E-state index in [0.29, 0.717) is 11.7 Å². The first-order valence-corrected chi connectivity index (χ1v) is 6.78. The lowest BCUT2D eigenvalue weighted by atomic mass is 9.70. The van der Waals surface area contributed by atoms with Crippen LogP contribution in [0.15, 0.2) is 30.3 Å². The molecule has 18 heavy (non-hydrogen) atoms. The van der Waals surface area contributed by atoms with E-state index >= 15 is 0 Å². The minimum atomic E-state index is 0.0255. The molecule has 0 unspecified atom stereocenters. The van der Waals surface area contributed by atoms with Crippen LogP contribution < -0.4 is 0 Å². The van der Waals surface area contributed by atoms with Crippen LogP contribution in [0.2, 0.25) is 0 Å². The van der Waals surface area contributed by atoms with Crippen molar-refractivity contribution in [2.45, 2.75) is 40.0 Å². The predicted molar refractivity (Wildman–Crippen MR) is 75.1 cm³/mol. The normalized spacial score (nSPS) is 32.0. The van der Waals surface area contributed by atoms with Crippen LogP contribution in [0.5, 0.6) is 0 Å². The number of hydrogen-bond donors (Lipinski definition) is 0. The van der Waals surface area contributed by atoms with Crippen molar-refractivity contribution in [2.75, 3.05) is 0 Å². The van der Waals surface area contributed by atoms with Gasteiger partial charge in [0.05, 0.1) is 0 Å².